The number of non-ortho nitro benzene ring substituents is 1. The van der Waals surface area contributed by atoms with Gasteiger partial charge in [0.15, 0.2) is 0 Å². The normalized spacial score (nSPS) is 10.9. The molecule has 150 valence electrons. The second-order valence-electron chi connectivity index (χ2n) is 5.68. The zero-order chi connectivity index (χ0) is 20.7. The minimum atomic E-state index is -4.27. The Kier molecular flexibility index (Phi) is 6.90. The molecule has 0 fully saturated rings. The quantitative estimate of drug-likeness (QED) is 0.277. The fourth-order valence-electron chi connectivity index (χ4n) is 2.30. The molecule has 28 heavy (non-hydrogen) atoms. The predicted octanol–water partition coefficient (Wildman–Crippen LogP) is 1.57. The molecule has 0 aromatic heterocycles. The van der Waals surface area contributed by atoms with Gasteiger partial charge in [-0.15, -0.1) is 0 Å². The van der Waals surface area contributed by atoms with Gasteiger partial charge in [0.25, 0.3) is 21.6 Å². The van der Waals surface area contributed by atoms with Crippen LogP contribution >= 0.6 is 0 Å². The fourth-order valence-corrected chi connectivity index (χ4v) is 3.77. The zero-order valence-electron chi connectivity index (χ0n) is 15.1. The number of sulfonamides is 1. The number of anilines is 1. The van der Waals surface area contributed by atoms with Crippen molar-refractivity contribution in [3.05, 3.63) is 58.6 Å². The maximum atomic E-state index is 13.1. The van der Waals surface area contributed by atoms with Gasteiger partial charge in [-0.1, -0.05) is 13.0 Å². The fraction of sp³-hybridized carbons (Fsp3) is 0.235. The minimum absolute atomic E-state index is 0.180. The molecule has 0 atom stereocenters. The second-order valence-corrected chi connectivity index (χ2v) is 7.54. The Balaban J connectivity index is 2.45. The SMILES string of the molecule is CCCOc1ccc(N(CC(=O)NN)S(=O)(=O)c2cccc([N+](=O)[O-])c2)cc1. The van der Waals surface area contributed by atoms with Crippen LogP contribution in [0.15, 0.2) is 53.4 Å². The number of hydrogen-bond donors (Lipinski definition) is 2. The van der Waals surface area contributed by atoms with Gasteiger partial charge in [-0.3, -0.25) is 24.6 Å². The van der Waals surface area contributed by atoms with Crippen LogP contribution in [0, 0.1) is 10.1 Å². The monoisotopic (exact) mass is 408 g/mol. The van der Waals surface area contributed by atoms with Crippen molar-refractivity contribution in [2.45, 2.75) is 18.2 Å². The van der Waals surface area contributed by atoms with E-state index in [0.717, 1.165) is 16.8 Å². The largest absolute Gasteiger partial charge is 0.494 e. The molecule has 0 bridgehead atoms. The summed E-state index contributed by atoms with van der Waals surface area (Å²) in [6.45, 7) is 1.86. The molecule has 0 aliphatic rings. The number of hydrogen-bond acceptors (Lipinski definition) is 7. The van der Waals surface area contributed by atoms with E-state index in [0.29, 0.717) is 12.4 Å². The summed E-state index contributed by atoms with van der Waals surface area (Å²) in [5, 5.41) is 11.0. The van der Waals surface area contributed by atoms with Crippen LogP contribution in [0.5, 0.6) is 5.75 Å². The maximum Gasteiger partial charge on any atom is 0.270 e. The number of amides is 1. The Hall–Kier alpha value is -3.18. The number of nitrogens with two attached hydrogens (primary N) is 1. The first-order valence-electron chi connectivity index (χ1n) is 8.29. The lowest BCUT2D eigenvalue weighted by molar-refractivity contribution is -0.385. The smallest absolute Gasteiger partial charge is 0.270 e. The zero-order valence-corrected chi connectivity index (χ0v) is 15.9. The van der Waals surface area contributed by atoms with E-state index in [9.17, 15) is 23.3 Å². The van der Waals surface area contributed by atoms with E-state index in [1.165, 1.54) is 30.3 Å². The highest BCUT2D eigenvalue weighted by atomic mass is 32.2. The molecule has 2 aromatic rings. The summed E-state index contributed by atoms with van der Waals surface area (Å²) in [5.74, 6) is 4.89. The van der Waals surface area contributed by atoms with Crippen LogP contribution in [-0.2, 0) is 14.8 Å². The van der Waals surface area contributed by atoms with Gasteiger partial charge in [-0.05, 0) is 36.8 Å². The third-order valence-electron chi connectivity index (χ3n) is 3.66. The van der Waals surface area contributed by atoms with Crippen molar-refractivity contribution in [3.8, 4) is 5.75 Å². The Bertz CT molecular complexity index is 946. The van der Waals surface area contributed by atoms with E-state index in [-0.39, 0.29) is 16.3 Å². The second kappa shape index (κ2) is 9.15. The highest BCUT2D eigenvalue weighted by molar-refractivity contribution is 7.92. The number of benzene rings is 2. The number of carbonyl (C=O) groups excluding carboxylic acids is 1. The van der Waals surface area contributed by atoms with Gasteiger partial charge in [0.1, 0.15) is 12.3 Å². The van der Waals surface area contributed by atoms with Crippen molar-refractivity contribution in [1.82, 2.24) is 5.43 Å². The standard InChI is InChI=1S/C17H20N4O6S/c1-2-10-27-15-8-6-13(7-9-15)20(12-17(22)19-18)28(25,26)16-5-3-4-14(11-16)21(23)24/h3-9,11H,2,10,12,18H2,1H3,(H,19,22). The first-order valence-corrected chi connectivity index (χ1v) is 9.73. The Morgan fingerprint density at radius 1 is 1.25 bits per heavy atom. The van der Waals surface area contributed by atoms with Crippen molar-refractivity contribution in [3.63, 3.8) is 0 Å². The highest BCUT2D eigenvalue weighted by Crippen LogP contribution is 2.27. The van der Waals surface area contributed by atoms with Crippen LogP contribution < -0.4 is 20.3 Å². The van der Waals surface area contributed by atoms with E-state index >= 15 is 0 Å². The average Bonchev–Trinajstić information content (AvgIpc) is 2.70. The average molecular weight is 408 g/mol. The van der Waals surface area contributed by atoms with Crippen LogP contribution in [0.2, 0.25) is 0 Å². The van der Waals surface area contributed by atoms with Crippen molar-refractivity contribution < 1.29 is 22.9 Å². The summed E-state index contributed by atoms with van der Waals surface area (Å²) >= 11 is 0. The molecule has 10 nitrogen and oxygen atoms in total. The number of nitrogens with one attached hydrogen (secondary N) is 1. The Morgan fingerprint density at radius 2 is 1.93 bits per heavy atom. The number of rotatable bonds is 9. The topological polar surface area (TPSA) is 145 Å². The molecule has 0 heterocycles. The molecule has 0 saturated heterocycles. The number of nitro benzene ring substituents is 1. The van der Waals surface area contributed by atoms with E-state index in [4.69, 9.17) is 10.6 Å². The molecular formula is C17H20N4O6S. The third kappa shape index (κ3) is 4.96. The molecule has 3 N–H and O–H groups in total. The molecule has 0 spiro atoms. The van der Waals surface area contributed by atoms with Gasteiger partial charge in [0.05, 0.1) is 22.1 Å². The van der Waals surface area contributed by atoms with Crippen LogP contribution in [-0.4, -0.2) is 32.4 Å². The van der Waals surface area contributed by atoms with Crippen LogP contribution in [0.1, 0.15) is 13.3 Å². The van der Waals surface area contributed by atoms with Crippen LogP contribution in [0.25, 0.3) is 0 Å². The van der Waals surface area contributed by atoms with Crippen LogP contribution in [0.3, 0.4) is 0 Å². The first kappa shape index (κ1) is 21.1. The highest BCUT2D eigenvalue weighted by Gasteiger charge is 2.28. The van der Waals surface area contributed by atoms with E-state index in [2.05, 4.69) is 0 Å². The molecule has 0 saturated carbocycles. The summed E-state index contributed by atoms with van der Waals surface area (Å²) in [6, 6.07) is 10.7. The van der Waals surface area contributed by atoms with Gasteiger partial charge in [-0.25, -0.2) is 14.3 Å². The molecule has 1 amide bonds. The van der Waals surface area contributed by atoms with E-state index in [1.807, 2.05) is 12.3 Å². The number of hydrazine groups is 1. The number of carbonyl (C=O) groups is 1. The molecule has 0 aliphatic heterocycles. The molecule has 2 rings (SSSR count). The number of ether oxygens (including phenoxy) is 1. The molecule has 11 heteroatoms. The maximum absolute atomic E-state index is 13.1. The van der Waals surface area contributed by atoms with Gasteiger partial charge >= 0.3 is 0 Å². The molecule has 0 unspecified atom stereocenters. The summed E-state index contributed by atoms with van der Waals surface area (Å²) in [7, 11) is -4.27. The van der Waals surface area contributed by atoms with E-state index in [1.54, 1.807) is 12.1 Å². The van der Waals surface area contributed by atoms with Gasteiger partial charge < -0.3 is 4.74 Å². The van der Waals surface area contributed by atoms with Crippen molar-refractivity contribution in [2.24, 2.45) is 5.84 Å². The Labute approximate surface area is 162 Å². The number of nitro groups is 1. The minimum Gasteiger partial charge on any atom is -0.494 e. The van der Waals surface area contributed by atoms with Crippen molar-refractivity contribution in [1.29, 1.82) is 0 Å². The summed E-state index contributed by atoms with van der Waals surface area (Å²) < 4.78 is 32.4. The molecule has 0 aliphatic carbocycles. The first-order chi connectivity index (χ1) is 13.3. The van der Waals surface area contributed by atoms with E-state index < -0.39 is 27.4 Å². The molecular weight excluding hydrogens is 388 g/mol. The lowest BCUT2D eigenvalue weighted by Gasteiger charge is -2.23. The lowest BCUT2D eigenvalue weighted by atomic mass is 10.3. The van der Waals surface area contributed by atoms with Gasteiger partial charge in [0, 0.05) is 12.1 Å². The van der Waals surface area contributed by atoms with Gasteiger partial charge in [0.2, 0.25) is 0 Å². The molecule has 2 aromatic carbocycles. The van der Waals surface area contributed by atoms with Crippen molar-refractivity contribution in [2.75, 3.05) is 17.5 Å². The predicted molar refractivity (Wildman–Crippen MR) is 102 cm³/mol. The lowest BCUT2D eigenvalue weighted by Crippen LogP contribution is -2.43. The van der Waals surface area contributed by atoms with Crippen molar-refractivity contribution >= 4 is 27.3 Å². The summed E-state index contributed by atoms with van der Waals surface area (Å²) in [4.78, 5) is 21.7. The Morgan fingerprint density at radius 3 is 2.50 bits per heavy atom. The summed E-state index contributed by atoms with van der Waals surface area (Å²) in [6.07, 6.45) is 0.811. The van der Waals surface area contributed by atoms with Crippen LogP contribution in [0.4, 0.5) is 11.4 Å². The summed E-state index contributed by atoms with van der Waals surface area (Å²) in [5.41, 5.74) is 1.68. The van der Waals surface area contributed by atoms with Gasteiger partial charge in [-0.2, -0.15) is 0 Å². The third-order valence-corrected chi connectivity index (χ3v) is 5.43. The number of nitrogens with zero attached hydrogens (tertiary/aromatic N) is 2. The molecule has 0 radical (unpaired) electrons.